The standard InChI is InChI=1S/C17H22N2O3/c1-11(2)22-15-8-16-18-14(12-6-4-3-5-7-12)10-19(16)9-13(15)17(20)21/h8-12H,3-7H2,1-2H3,(H,20,21). The van der Waals surface area contributed by atoms with Crippen LogP contribution >= 0.6 is 0 Å². The third-order valence-electron chi connectivity index (χ3n) is 4.19. The molecule has 0 aliphatic heterocycles. The number of nitrogens with zero attached hydrogens (tertiary/aromatic N) is 2. The van der Waals surface area contributed by atoms with Crippen molar-refractivity contribution in [1.29, 1.82) is 0 Å². The van der Waals surface area contributed by atoms with E-state index in [1.54, 1.807) is 16.7 Å². The van der Waals surface area contributed by atoms with Crippen LogP contribution in [-0.4, -0.2) is 26.6 Å². The molecule has 22 heavy (non-hydrogen) atoms. The number of rotatable bonds is 4. The Labute approximate surface area is 129 Å². The number of carboxylic acid groups (broad SMARTS) is 1. The van der Waals surface area contributed by atoms with E-state index < -0.39 is 5.97 Å². The van der Waals surface area contributed by atoms with Gasteiger partial charge in [-0.25, -0.2) is 9.78 Å². The molecule has 5 heteroatoms. The van der Waals surface area contributed by atoms with Crippen LogP contribution in [0.5, 0.6) is 5.75 Å². The average molecular weight is 302 g/mol. The summed E-state index contributed by atoms with van der Waals surface area (Å²) in [7, 11) is 0. The maximum Gasteiger partial charge on any atom is 0.341 e. The molecule has 1 fully saturated rings. The van der Waals surface area contributed by atoms with E-state index in [0.29, 0.717) is 11.7 Å². The Kier molecular flexibility index (Phi) is 4.05. The minimum atomic E-state index is -0.981. The normalized spacial score (nSPS) is 16.3. The zero-order chi connectivity index (χ0) is 15.7. The van der Waals surface area contributed by atoms with Gasteiger partial charge in [0.2, 0.25) is 0 Å². The van der Waals surface area contributed by atoms with Crippen LogP contribution in [0.1, 0.15) is 67.9 Å². The molecule has 0 atom stereocenters. The van der Waals surface area contributed by atoms with E-state index in [1.807, 2.05) is 20.0 Å². The number of aromatic carboxylic acids is 1. The second-order valence-corrected chi connectivity index (χ2v) is 6.29. The topological polar surface area (TPSA) is 63.8 Å². The van der Waals surface area contributed by atoms with E-state index in [1.165, 1.54) is 32.1 Å². The van der Waals surface area contributed by atoms with Gasteiger partial charge in [0.05, 0.1) is 11.8 Å². The van der Waals surface area contributed by atoms with Crippen molar-refractivity contribution in [3.8, 4) is 5.75 Å². The van der Waals surface area contributed by atoms with Crippen LogP contribution in [0.4, 0.5) is 0 Å². The lowest BCUT2D eigenvalue weighted by atomic mass is 9.87. The highest BCUT2D eigenvalue weighted by Crippen LogP contribution is 2.33. The fourth-order valence-electron chi connectivity index (χ4n) is 3.14. The summed E-state index contributed by atoms with van der Waals surface area (Å²) in [4.78, 5) is 16.1. The van der Waals surface area contributed by atoms with Gasteiger partial charge in [0.25, 0.3) is 0 Å². The fourth-order valence-corrected chi connectivity index (χ4v) is 3.14. The molecule has 1 N–H and O–H groups in total. The molecule has 2 aromatic rings. The van der Waals surface area contributed by atoms with Crippen molar-refractivity contribution in [1.82, 2.24) is 9.38 Å². The zero-order valence-electron chi connectivity index (χ0n) is 13.1. The lowest BCUT2D eigenvalue weighted by molar-refractivity contribution is 0.0690. The third-order valence-corrected chi connectivity index (χ3v) is 4.19. The van der Waals surface area contributed by atoms with Crippen molar-refractivity contribution in [3.63, 3.8) is 0 Å². The van der Waals surface area contributed by atoms with Gasteiger partial charge < -0.3 is 14.2 Å². The van der Waals surface area contributed by atoms with Gasteiger partial charge in [0.1, 0.15) is 17.0 Å². The molecule has 118 valence electrons. The molecule has 0 unspecified atom stereocenters. The Morgan fingerprint density at radius 2 is 2.05 bits per heavy atom. The van der Waals surface area contributed by atoms with E-state index >= 15 is 0 Å². The molecule has 1 aliphatic rings. The third kappa shape index (κ3) is 2.93. The molecule has 0 bridgehead atoms. The number of carbonyl (C=O) groups is 1. The van der Waals surface area contributed by atoms with Crippen molar-refractivity contribution in [2.24, 2.45) is 0 Å². The highest BCUT2D eigenvalue weighted by atomic mass is 16.5. The quantitative estimate of drug-likeness (QED) is 0.931. The molecule has 0 saturated heterocycles. The molecule has 2 aromatic heterocycles. The van der Waals surface area contributed by atoms with Crippen LogP contribution < -0.4 is 4.74 Å². The summed E-state index contributed by atoms with van der Waals surface area (Å²) >= 11 is 0. The van der Waals surface area contributed by atoms with Crippen molar-refractivity contribution < 1.29 is 14.6 Å². The van der Waals surface area contributed by atoms with Gasteiger partial charge in [0, 0.05) is 24.4 Å². The SMILES string of the molecule is CC(C)Oc1cc2nc(C3CCCCC3)cn2cc1C(=O)O. The Bertz CT molecular complexity index is 685. The first-order valence-corrected chi connectivity index (χ1v) is 7.97. The number of ether oxygens (including phenoxy) is 1. The molecule has 0 spiro atoms. The van der Waals surface area contributed by atoms with Crippen LogP contribution in [0.25, 0.3) is 5.65 Å². The minimum absolute atomic E-state index is 0.0756. The summed E-state index contributed by atoms with van der Waals surface area (Å²) < 4.78 is 7.44. The predicted molar refractivity (Wildman–Crippen MR) is 83.7 cm³/mol. The van der Waals surface area contributed by atoms with Crippen LogP contribution in [0.2, 0.25) is 0 Å². The number of hydrogen-bond acceptors (Lipinski definition) is 3. The Balaban J connectivity index is 2.01. The predicted octanol–water partition coefficient (Wildman–Crippen LogP) is 3.87. The number of hydrogen-bond donors (Lipinski definition) is 1. The van der Waals surface area contributed by atoms with E-state index in [9.17, 15) is 9.90 Å². The number of pyridine rings is 1. The molecule has 0 radical (unpaired) electrons. The summed E-state index contributed by atoms with van der Waals surface area (Å²) in [6, 6.07) is 1.73. The van der Waals surface area contributed by atoms with Crippen LogP contribution in [0, 0.1) is 0 Å². The highest BCUT2D eigenvalue weighted by Gasteiger charge is 2.20. The first-order chi connectivity index (χ1) is 10.5. The molecule has 1 saturated carbocycles. The van der Waals surface area contributed by atoms with Crippen molar-refractivity contribution in [3.05, 3.63) is 29.7 Å². The average Bonchev–Trinajstić information content (AvgIpc) is 2.89. The van der Waals surface area contributed by atoms with Gasteiger partial charge in [0.15, 0.2) is 0 Å². The molecule has 3 rings (SSSR count). The molecule has 0 aromatic carbocycles. The van der Waals surface area contributed by atoms with E-state index in [0.717, 1.165) is 11.3 Å². The number of carboxylic acids is 1. The Hall–Kier alpha value is -2.04. The van der Waals surface area contributed by atoms with E-state index in [2.05, 4.69) is 0 Å². The summed E-state index contributed by atoms with van der Waals surface area (Å²) in [6.07, 6.45) is 9.65. The summed E-state index contributed by atoms with van der Waals surface area (Å²) in [5.74, 6) is -0.0994. The molecule has 1 aliphatic carbocycles. The van der Waals surface area contributed by atoms with Crippen molar-refractivity contribution >= 4 is 11.6 Å². The summed E-state index contributed by atoms with van der Waals surface area (Å²) in [5.41, 5.74) is 1.99. The van der Waals surface area contributed by atoms with Crippen LogP contribution in [0.15, 0.2) is 18.5 Å². The molecule has 5 nitrogen and oxygen atoms in total. The van der Waals surface area contributed by atoms with Gasteiger partial charge in [-0.05, 0) is 26.7 Å². The fraction of sp³-hybridized carbons (Fsp3) is 0.529. The van der Waals surface area contributed by atoms with Crippen LogP contribution in [0.3, 0.4) is 0 Å². The molecular weight excluding hydrogens is 280 g/mol. The van der Waals surface area contributed by atoms with Gasteiger partial charge in [-0.15, -0.1) is 0 Å². The lowest BCUT2D eigenvalue weighted by Gasteiger charge is -2.19. The van der Waals surface area contributed by atoms with Gasteiger partial charge in [-0.1, -0.05) is 19.3 Å². The Morgan fingerprint density at radius 3 is 2.68 bits per heavy atom. The summed E-state index contributed by atoms with van der Waals surface area (Å²) in [6.45, 7) is 3.77. The molecule has 2 heterocycles. The Morgan fingerprint density at radius 1 is 1.32 bits per heavy atom. The number of imidazole rings is 1. The molecular formula is C17H22N2O3. The second kappa shape index (κ2) is 5.99. The first-order valence-electron chi connectivity index (χ1n) is 7.97. The van der Waals surface area contributed by atoms with Crippen molar-refractivity contribution in [2.45, 2.75) is 58.0 Å². The largest absolute Gasteiger partial charge is 0.490 e. The second-order valence-electron chi connectivity index (χ2n) is 6.29. The van der Waals surface area contributed by atoms with Crippen LogP contribution in [-0.2, 0) is 0 Å². The number of aromatic nitrogens is 2. The smallest absolute Gasteiger partial charge is 0.341 e. The van der Waals surface area contributed by atoms with E-state index in [-0.39, 0.29) is 11.7 Å². The highest BCUT2D eigenvalue weighted by molar-refractivity contribution is 5.91. The zero-order valence-corrected chi connectivity index (χ0v) is 13.1. The maximum absolute atomic E-state index is 11.4. The van der Waals surface area contributed by atoms with Crippen molar-refractivity contribution in [2.75, 3.05) is 0 Å². The number of fused-ring (bicyclic) bond motifs is 1. The minimum Gasteiger partial charge on any atom is -0.490 e. The van der Waals surface area contributed by atoms with Gasteiger partial charge in [-0.2, -0.15) is 0 Å². The monoisotopic (exact) mass is 302 g/mol. The maximum atomic E-state index is 11.4. The first kappa shape index (κ1) is 14.9. The lowest BCUT2D eigenvalue weighted by Crippen LogP contribution is -2.10. The summed E-state index contributed by atoms with van der Waals surface area (Å²) in [5, 5.41) is 9.38. The van der Waals surface area contributed by atoms with Gasteiger partial charge in [-0.3, -0.25) is 0 Å². The van der Waals surface area contributed by atoms with Gasteiger partial charge >= 0.3 is 5.97 Å². The van der Waals surface area contributed by atoms with E-state index in [4.69, 9.17) is 9.72 Å². The molecule has 0 amide bonds.